The Balaban J connectivity index is 1.15. The maximum Gasteiger partial charge on any atom is 0.409 e. The average molecular weight is 611 g/mol. The molecule has 0 saturated carbocycles. The number of alkyl halides is 3. The number of allylic oxidation sites excluding steroid dienone is 2. The van der Waals surface area contributed by atoms with E-state index in [1.54, 1.807) is 30.5 Å². The number of benzene rings is 2. The lowest BCUT2D eigenvalue weighted by molar-refractivity contribution is -0.189. The molecular weight excluding hydrogens is 581 g/mol. The van der Waals surface area contributed by atoms with Crippen LogP contribution in [0.4, 0.5) is 13.2 Å². The Morgan fingerprint density at radius 2 is 1.77 bits per heavy atom. The van der Waals surface area contributed by atoms with Crippen molar-refractivity contribution in [2.75, 3.05) is 26.2 Å². The van der Waals surface area contributed by atoms with E-state index >= 15 is 0 Å². The van der Waals surface area contributed by atoms with Crippen molar-refractivity contribution in [3.05, 3.63) is 94.2 Å². The molecule has 0 radical (unpaired) electrons. The number of piperazine rings is 1. The normalized spacial score (nSPS) is 24.2. The van der Waals surface area contributed by atoms with Gasteiger partial charge in [-0.15, -0.1) is 0 Å². The van der Waals surface area contributed by atoms with E-state index in [0.29, 0.717) is 35.7 Å². The third-order valence-electron chi connectivity index (χ3n) is 8.48. The van der Waals surface area contributed by atoms with Crippen LogP contribution in [0.25, 0.3) is 11.1 Å². The first kappa shape index (κ1) is 29.2. The molecule has 2 saturated heterocycles. The van der Waals surface area contributed by atoms with Crippen LogP contribution >= 0.6 is 11.6 Å². The lowest BCUT2D eigenvalue weighted by Gasteiger charge is -2.42. The Labute approximate surface area is 252 Å². The summed E-state index contributed by atoms with van der Waals surface area (Å²) in [5, 5.41) is 2.90. The molecule has 3 aliphatic heterocycles. The molecule has 0 aromatic heterocycles. The summed E-state index contributed by atoms with van der Waals surface area (Å²) in [6, 6.07) is 12.7. The molecule has 0 spiro atoms. The average Bonchev–Trinajstić information content (AvgIpc) is 3.29. The van der Waals surface area contributed by atoms with Gasteiger partial charge in [0.2, 0.25) is 11.8 Å². The number of amides is 3. The van der Waals surface area contributed by atoms with Crippen molar-refractivity contribution in [1.29, 1.82) is 0 Å². The lowest BCUT2D eigenvalue weighted by atomic mass is 9.96. The summed E-state index contributed by atoms with van der Waals surface area (Å²) in [5.41, 5.74) is 4.77. The smallest absolute Gasteiger partial charge is 0.363 e. The quantitative estimate of drug-likeness (QED) is 0.491. The molecular formula is C32H30ClF3N4O3. The predicted molar refractivity (Wildman–Crippen MR) is 155 cm³/mol. The van der Waals surface area contributed by atoms with Gasteiger partial charge in [-0.05, 0) is 58.9 Å². The number of carbonyl (C=O) groups is 3. The van der Waals surface area contributed by atoms with Crippen LogP contribution in [-0.2, 0) is 20.9 Å². The molecule has 1 N–H and O–H groups in total. The largest absolute Gasteiger partial charge is 0.409 e. The number of rotatable bonds is 5. The highest BCUT2D eigenvalue weighted by molar-refractivity contribution is 6.30. The van der Waals surface area contributed by atoms with Crippen LogP contribution in [0.1, 0.15) is 24.8 Å². The van der Waals surface area contributed by atoms with Crippen LogP contribution in [0.3, 0.4) is 0 Å². The minimum absolute atomic E-state index is 0.156. The van der Waals surface area contributed by atoms with Gasteiger partial charge in [-0.3, -0.25) is 24.6 Å². The third-order valence-corrected chi connectivity index (χ3v) is 8.74. The zero-order valence-electron chi connectivity index (χ0n) is 23.2. The van der Waals surface area contributed by atoms with E-state index in [9.17, 15) is 27.6 Å². The number of hydrogen-bond acceptors (Lipinski definition) is 5. The predicted octanol–water partition coefficient (Wildman–Crippen LogP) is 4.84. The molecule has 7 nitrogen and oxygen atoms in total. The molecule has 2 aromatic rings. The maximum atomic E-state index is 14.4. The fourth-order valence-electron chi connectivity index (χ4n) is 6.29. The number of nitrogens with zero attached hydrogens (tertiary/aromatic N) is 3. The maximum absolute atomic E-state index is 14.4. The topological polar surface area (TPSA) is 73.0 Å². The second-order valence-corrected chi connectivity index (χ2v) is 11.8. The molecule has 2 unspecified atom stereocenters. The van der Waals surface area contributed by atoms with Crippen molar-refractivity contribution in [3.8, 4) is 11.1 Å². The Hall–Kier alpha value is -3.89. The van der Waals surface area contributed by atoms with Crippen LogP contribution in [0, 0.1) is 0 Å². The molecule has 3 heterocycles. The minimum Gasteiger partial charge on any atom is -0.363 e. The van der Waals surface area contributed by atoms with Gasteiger partial charge in [-0.1, -0.05) is 54.1 Å². The summed E-state index contributed by atoms with van der Waals surface area (Å²) < 4.78 is 43.1. The van der Waals surface area contributed by atoms with Gasteiger partial charge in [0.15, 0.2) is 0 Å². The van der Waals surface area contributed by atoms with E-state index in [1.165, 1.54) is 9.80 Å². The van der Waals surface area contributed by atoms with Crippen molar-refractivity contribution in [2.24, 2.45) is 0 Å². The molecule has 11 heteroatoms. The first-order chi connectivity index (χ1) is 20.6. The number of hydrogen-bond donors (Lipinski definition) is 1. The Morgan fingerprint density at radius 1 is 1.00 bits per heavy atom. The van der Waals surface area contributed by atoms with E-state index in [4.69, 9.17) is 11.6 Å². The first-order valence-corrected chi connectivity index (χ1v) is 14.6. The van der Waals surface area contributed by atoms with Gasteiger partial charge in [-0.25, -0.2) is 0 Å². The monoisotopic (exact) mass is 610 g/mol. The van der Waals surface area contributed by atoms with Gasteiger partial charge >= 0.3 is 6.18 Å². The van der Waals surface area contributed by atoms with Crippen LogP contribution in [0.5, 0.6) is 0 Å². The molecule has 43 heavy (non-hydrogen) atoms. The molecule has 224 valence electrons. The van der Waals surface area contributed by atoms with Crippen molar-refractivity contribution in [3.63, 3.8) is 0 Å². The second kappa shape index (κ2) is 11.7. The van der Waals surface area contributed by atoms with Gasteiger partial charge in [-0.2, -0.15) is 13.2 Å². The molecule has 6 rings (SSSR count). The summed E-state index contributed by atoms with van der Waals surface area (Å²) in [7, 11) is 0. The van der Waals surface area contributed by atoms with E-state index in [0.717, 1.165) is 22.3 Å². The highest BCUT2D eigenvalue weighted by atomic mass is 35.5. The van der Waals surface area contributed by atoms with Crippen molar-refractivity contribution in [2.45, 2.75) is 44.1 Å². The molecule has 2 atom stereocenters. The number of piperidine rings is 1. The van der Waals surface area contributed by atoms with Crippen LogP contribution in [0.15, 0.2) is 83.6 Å². The number of halogens is 4. The van der Waals surface area contributed by atoms with Crippen LogP contribution in [-0.4, -0.2) is 76.9 Å². The van der Waals surface area contributed by atoms with E-state index < -0.39 is 24.2 Å². The molecule has 2 fully saturated rings. The molecule has 1 aliphatic carbocycles. The second-order valence-electron chi connectivity index (χ2n) is 11.3. The van der Waals surface area contributed by atoms with Gasteiger partial charge in [0.1, 0.15) is 12.1 Å². The lowest BCUT2D eigenvalue weighted by Crippen LogP contribution is -2.56. The van der Waals surface area contributed by atoms with Gasteiger partial charge in [0.25, 0.3) is 5.91 Å². The van der Waals surface area contributed by atoms with Gasteiger partial charge in [0, 0.05) is 55.9 Å². The minimum atomic E-state index is -4.44. The zero-order chi connectivity index (χ0) is 30.3. The summed E-state index contributed by atoms with van der Waals surface area (Å²) in [6.07, 6.45) is 1.17. The number of nitrogens with one attached hydrogen (secondary N) is 1. The van der Waals surface area contributed by atoms with Crippen molar-refractivity contribution >= 4 is 29.3 Å². The Bertz CT molecular complexity index is 1550. The van der Waals surface area contributed by atoms with Crippen molar-refractivity contribution in [1.82, 2.24) is 20.0 Å². The SMILES string of the molecule is O=C1CCC(N2CC3=C(C=CC(=CN4CCN(Cc5ccccc5-c5ccc(Cl)cc5)CC4C(F)(F)F)C3)C2=O)C(=O)N1. The molecule has 3 amide bonds. The van der Waals surface area contributed by atoms with Crippen LogP contribution in [0.2, 0.25) is 5.02 Å². The van der Waals surface area contributed by atoms with Crippen molar-refractivity contribution < 1.29 is 27.6 Å². The Morgan fingerprint density at radius 3 is 2.51 bits per heavy atom. The van der Waals surface area contributed by atoms with Crippen LogP contribution < -0.4 is 5.32 Å². The zero-order valence-corrected chi connectivity index (χ0v) is 24.0. The van der Waals surface area contributed by atoms with Gasteiger partial charge in [0.05, 0.1) is 0 Å². The molecule has 0 bridgehead atoms. The highest BCUT2D eigenvalue weighted by Crippen LogP contribution is 2.35. The van der Waals surface area contributed by atoms with Gasteiger partial charge < -0.3 is 9.80 Å². The number of imide groups is 1. The molecule has 4 aliphatic rings. The molecule has 2 aromatic carbocycles. The number of carbonyl (C=O) groups excluding carboxylic acids is 3. The fraction of sp³-hybridized carbons (Fsp3) is 0.344. The summed E-state index contributed by atoms with van der Waals surface area (Å²) in [5.74, 6) is -1.15. The Kier molecular flexibility index (Phi) is 7.91. The van der Waals surface area contributed by atoms with E-state index in [2.05, 4.69) is 5.32 Å². The highest BCUT2D eigenvalue weighted by Gasteiger charge is 2.46. The first-order valence-electron chi connectivity index (χ1n) is 14.2. The summed E-state index contributed by atoms with van der Waals surface area (Å²) in [6.45, 7) is 1.06. The van der Waals surface area contributed by atoms with E-state index in [1.807, 2.05) is 41.3 Å². The summed E-state index contributed by atoms with van der Waals surface area (Å²) >= 11 is 6.05. The third kappa shape index (κ3) is 6.12. The fourth-order valence-corrected chi connectivity index (χ4v) is 6.42. The van der Waals surface area contributed by atoms with E-state index in [-0.39, 0.29) is 44.3 Å². The standard InChI is InChI=1S/C32H30ClF3N4O3/c33-24-8-6-21(7-9-24)25-4-2-1-3-22(25)17-38-13-14-39(28(19-38)32(34,35)36)16-20-5-10-26-23(15-20)18-40(31(26)43)27-11-12-29(41)37-30(27)42/h1-10,16,27-28H,11-15,17-19H2,(H,37,41,42). The summed E-state index contributed by atoms with van der Waals surface area (Å²) in [4.78, 5) is 41.6.